The van der Waals surface area contributed by atoms with E-state index in [1.807, 2.05) is 19.2 Å². The molecule has 0 amide bonds. The molecule has 1 heterocycles. The van der Waals surface area contributed by atoms with Crippen LogP contribution >= 0.6 is 15.9 Å². The fraction of sp³-hybridized carbons (Fsp3) is 0.500. The van der Waals surface area contributed by atoms with E-state index in [4.69, 9.17) is 9.84 Å². The molecule has 0 bridgehead atoms. The summed E-state index contributed by atoms with van der Waals surface area (Å²) >= 11 is 3.49. The number of allylic oxidation sites excluding steroid dienone is 4. The molecule has 0 aromatic heterocycles. The summed E-state index contributed by atoms with van der Waals surface area (Å²) in [7, 11) is 1.99. The molecular formula is C26H30BrNO5. The minimum atomic E-state index is -1.06. The normalized spacial score (nSPS) is 22.3. The molecule has 1 aromatic rings. The first-order chi connectivity index (χ1) is 15.3. The van der Waals surface area contributed by atoms with Crippen molar-refractivity contribution in [2.45, 2.75) is 59.3 Å². The fourth-order valence-electron chi connectivity index (χ4n) is 5.45. The molecule has 0 fully saturated rings. The highest BCUT2D eigenvalue weighted by Crippen LogP contribution is 2.54. The Hall–Kier alpha value is -2.41. The van der Waals surface area contributed by atoms with E-state index in [2.05, 4.69) is 48.5 Å². The Kier molecular flexibility index (Phi) is 5.84. The van der Waals surface area contributed by atoms with Gasteiger partial charge in [-0.1, -0.05) is 33.8 Å². The number of carbonyl (C=O) groups excluding carboxylic acids is 2. The van der Waals surface area contributed by atoms with Crippen LogP contribution < -0.4 is 4.74 Å². The number of Topliss-reactive ketones (excluding diaryl/α,β-unsaturated/α-hetero) is 2. The van der Waals surface area contributed by atoms with Crippen LogP contribution in [0.25, 0.3) is 0 Å². The van der Waals surface area contributed by atoms with Crippen molar-refractivity contribution in [2.24, 2.45) is 10.8 Å². The van der Waals surface area contributed by atoms with Crippen LogP contribution in [-0.4, -0.2) is 41.2 Å². The zero-order valence-electron chi connectivity index (χ0n) is 19.8. The van der Waals surface area contributed by atoms with E-state index in [-0.39, 0.29) is 22.4 Å². The molecule has 4 rings (SSSR count). The summed E-state index contributed by atoms with van der Waals surface area (Å²) in [6.07, 6.45) is 2.43. The molecule has 6 nitrogen and oxygen atoms in total. The zero-order chi connectivity index (χ0) is 24.3. The smallest absolute Gasteiger partial charge is 0.341 e. The van der Waals surface area contributed by atoms with Crippen molar-refractivity contribution in [3.63, 3.8) is 0 Å². The third-order valence-corrected chi connectivity index (χ3v) is 7.44. The van der Waals surface area contributed by atoms with Crippen LogP contribution in [-0.2, 0) is 14.4 Å². The van der Waals surface area contributed by atoms with Crippen LogP contribution in [0.5, 0.6) is 5.75 Å². The average molecular weight is 516 g/mol. The Bertz CT molecular complexity index is 1070. The van der Waals surface area contributed by atoms with Crippen LogP contribution in [0, 0.1) is 10.8 Å². The van der Waals surface area contributed by atoms with Gasteiger partial charge in [-0.25, -0.2) is 4.79 Å². The van der Waals surface area contributed by atoms with Gasteiger partial charge < -0.3 is 14.7 Å². The number of carbonyl (C=O) groups is 3. The van der Waals surface area contributed by atoms with Crippen molar-refractivity contribution in [3.8, 4) is 5.75 Å². The first-order valence-electron chi connectivity index (χ1n) is 11.2. The van der Waals surface area contributed by atoms with Gasteiger partial charge >= 0.3 is 5.97 Å². The Morgan fingerprint density at radius 2 is 1.55 bits per heavy atom. The first kappa shape index (κ1) is 23.7. The minimum absolute atomic E-state index is 0.0876. The predicted molar refractivity (Wildman–Crippen MR) is 128 cm³/mol. The number of ketones is 2. The Morgan fingerprint density at radius 3 is 2.00 bits per heavy atom. The zero-order valence-corrected chi connectivity index (χ0v) is 21.3. The molecule has 0 saturated carbocycles. The van der Waals surface area contributed by atoms with Gasteiger partial charge in [0.2, 0.25) is 0 Å². The van der Waals surface area contributed by atoms with Gasteiger partial charge in [-0.05, 0) is 57.3 Å². The van der Waals surface area contributed by atoms with Gasteiger partial charge in [-0.2, -0.15) is 0 Å². The molecule has 33 heavy (non-hydrogen) atoms. The third kappa shape index (κ3) is 4.39. The van der Waals surface area contributed by atoms with Gasteiger partial charge in [-0.15, -0.1) is 0 Å². The molecule has 1 aromatic carbocycles. The van der Waals surface area contributed by atoms with Crippen LogP contribution in [0.3, 0.4) is 0 Å². The second kappa shape index (κ2) is 8.12. The van der Waals surface area contributed by atoms with Gasteiger partial charge in [-0.3, -0.25) is 9.59 Å². The summed E-state index contributed by atoms with van der Waals surface area (Å²) in [6.45, 7) is 8.01. The maximum absolute atomic E-state index is 13.5. The van der Waals surface area contributed by atoms with E-state index in [9.17, 15) is 14.4 Å². The number of rotatable bonds is 4. The Labute approximate surface area is 202 Å². The lowest BCUT2D eigenvalue weighted by molar-refractivity contribution is -0.139. The van der Waals surface area contributed by atoms with Crippen LogP contribution in [0.4, 0.5) is 0 Å². The van der Waals surface area contributed by atoms with Crippen molar-refractivity contribution >= 4 is 33.5 Å². The van der Waals surface area contributed by atoms with Crippen molar-refractivity contribution in [1.29, 1.82) is 0 Å². The standard InChI is InChI=1S/C26H30BrNO5/c1-25(2)9-16-23(18(29)11-25)22(14-6-7-20(15(27)8-14)33-13-21(31)32)24-17(28(16)5)10-26(3,4)12-19(24)30/h6-8,22H,9-13H2,1-5H3,(H,31,32). The number of nitrogens with zero attached hydrogens (tertiary/aromatic N) is 1. The van der Waals surface area contributed by atoms with E-state index in [1.165, 1.54) is 0 Å². The lowest BCUT2D eigenvalue weighted by Gasteiger charge is -2.47. The second-order valence-corrected chi connectivity index (χ2v) is 11.8. The number of benzene rings is 1. The number of halogens is 1. The van der Waals surface area contributed by atoms with Crippen molar-refractivity contribution in [3.05, 3.63) is 50.8 Å². The molecule has 0 atom stereocenters. The van der Waals surface area contributed by atoms with E-state index in [0.717, 1.165) is 40.9 Å². The highest BCUT2D eigenvalue weighted by Gasteiger charge is 2.48. The average Bonchev–Trinajstić information content (AvgIpc) is 2.67. The first-order valence-corrected chi connectivity index (χ1v) is 12.0. The molecule has 7 heteroatoms. The number of hydrogen-bond acceptors (Lipinski definition) is 5. The lowest BCUT2D eigenvalue weighted by Crippen LogP contribution is -2.43. The summed E-state index contributed by atoms with van der Waals surface area (Å²) in [5.74, 6) is -0.904. The monoisotopic (exact) mass is 515 g/mol. The molecule has 0 unspecified atom stereocenters. The maximum atomic E-state index is 13.5. The summed E-state index contributed by atoms with van der Waals surface area (Å²) in [6, 6.07) is 5.39. The van der Waals surface area contributed by atoms with Crippen molar-refractivity contribution < 1.29 is 24.2 Å². The lowest BCUT2D eigenvalue weighted by atomic mass is 9.64. The Morgan fingerprint density at radius 1 is 1.03 bits per heavy atom. The number of ether oxygens (including phenoxy) is 1. The number of carboxylic acid groups (broad SMARTS) is 1. The van der Waals surface area contributed by atoms with Gasteiger partial charge in [0.1, 0.15) is 5.75 Å². The SMILES string of the molecule is CN1C2=C(C(=O)CC(C)(C)C2)C(c2ccc(OCC(=O)O)c(Br)c2)C2=C1CC(C)(C)CC2=O. The van der Waals surface area contributed by atoms with Crippen molar-refractivity contribution in [2.75, 3.05) is 13.7 Å². The predicted octanol–water partition coefficient (Wildman–Crippen LogP) is 5.23. The molecule has 0 radical (unpaired) electrons. The van der Waals surface area contributed by atoms with E-state index < -0.39 is 18.5 Å². The topological polar surface area (TPSA) is 83.9 Å². The fourth-order valence-corrected chi connectivity index (χ4v) is 5.96. The van der Waals surface area contributed by atoms with Crippen molar-refractivity contribution in [1.82, 2.24) is 4.90 Å². The van der Waals surface area contributed by atoms with Gasteiger partial charge in [0, 0.05) is 48.3 Å². The van der Waals surface area contributed by atoms with Gasteiger partial charge in [0.15, 0.2) is 18.2 Å². The quantitative estimate of drug-likeness (QED) is 0.590. The molecule has 176 valence electrons. The van der Waals surface area contributed by atoms with E-state index >= 15 is 0 Å². The summed E-state index contributed by atoms with van der Waals surface area (Å²) in [4.78, 5) is 40.0. The number of hydrogen-bond donors (Lipinski definition) is 1. The van der Waals surface area contributed by atoms with Crippen LogP contribution in [0.15, 0.2) is 45.2 Å². The summed E-state index contributed by atoms with van der Waals surface area (Å²) in [5, 5.41) is 8.92. The third-order valence-electron chi connectivity index (χ3n) is 6.82. The molecule has 0 spiro atoms. The summed E-state index contributed by atoms with van der Waals surface area (Å²) < 4.78 is 5.95. The molecule has 2 aliphatic carbocycles. The molecule has 3 aliphatic rings. The van der Waals surface area contributed by atoms with Gasteiger partial charge in [0.05, 0.1) is 4.47 Å². The van der Waals surface area contributed by atoms with Crippen LogP contribution in [0.1, 0.15) is 64.9 Å². The minimum Gasteiger partial charge on any atom is -0.481 e. The van der Waals surface area contributed by atoms with Crippen LogP contribution in [0.2, 0.25) is 0 Å². The highest BCUT2D eigenvalue weighted by atomic mass is 79.9. The van der Waals surface area contributed by atoms with E-state index in [0.29, 0.717) is 23.1 Å². The Balaban J connectivity index is 1.88. The summed E-state index contributed by atoms with van der Waals surface area (Å²) in [5.41, 5.74) is 4.00. The maximum Gasteiger partial charge on any atom is 0.341 e. The molecule has 0 saturated heterocycles. The largest absolute Gasteiger partial charge is 0.481 e. The number of carboxylic acids is 1. The number of aliphatic carboxylic acids is 1. The highest BCUT2D eigenvalue weighted by molar-refractivity contribution is 9.10. The molecule has 1 N–H and O–H groups in total. The van der Waals surface area contributed by atoms with E-state index in [1.54, 1.807) is 6.07 Å². The van der Waals surface area contributed by atoms with Gasteiger partial charge in [0.25, 0.3) is 0 Å². The molecule has 1 aliphatic heterocycles. The molecular weight excluding hydrogens is 486 g/mol. The second-order valence-electron chi connectivity index (χ2n) is 11.0.